The first kappa shape index (κ1) is 47.8. The number of aromatic nitrogens is 4. The number of alkyl carbamates (subject to hydrolysis) is 2. The lowest BCUT2D eigenvalue weighted by Gasteiger charge is -2.29. The number of ether oxygens (including phenoxy) is 2. The van der Waals surface area contributed by atoms with Gasteiger partial charge in [-0.1, -0.05) is 113 Å². The molecule has 14 nitrogen and oxygen atoms in total. The average molecular weight is 945 g/mol. The second-order valence-corrected chi connectivity index (χ2v) is 19.6. The Labute approximate surface area is 410 Å². The average Bonchev–Trinajstić information content (AvgIpc) is 4.23. The summed E-state index contributed by atoms with van der Waals surface area (Å²) in [7, 11) is 2.60. The van der Waals surface area contributed by atoms with E-state index >= 15 is 0 Å². The fraction of sp³-hybridized carbons (Fsp3) is 0.393. The summed E-state index contributed by atoms with van der Waals surface area (Å²) in [5.74, 6) is 1.03. The molecule has 6 aliphatic rings. The Morgan fingerprint density at radius 1 is 0.557 bits per heavy atom. The van der Waals surface area contributed by atoms with E-state index in [-0.39, 0.29) is 35.7 Å². The molecule has 4 N–H and O–H groups in total. The van der Waals surface area contributed by atoms with Crippen molar-refractivity contribution in [1.82, 2.24) is 40.4 Å². The summed E-state index contributed by atoms with van der Waals surface area (Å²) in [5, 5.41) is 5.45. The number of benzene rings is 4. The lowest BCUT2D eigenvalue weighted by Crippen LogP contribution is -2.51. The third kappa shape index (κ3) is 10.1. The second-order valence-electron chi connectivity index (χ2n) is 19.6. The number of hydrogen-bond donors (Lipinski definition) is 4. The molecule has 4 heterocycles. The molecule has 4 bridgehead atoms. The van der Waals surface area contributed by atoms with Crippen LogP contribution in [0.3, 0.4) is 0 Å². The number of aryl methyl sites for hydroxylation is 4. The van der Waals surface area contributed by atoms with Crippen LogP contribution in [0.2, 0.25) is 0 Å². The fourth-order valence-electron chi connectivity index (χ4n) is 10.4. The van der Waals surface area contributed by atoms with Crippen LogP contribution in [0.15, 0.2) is 97.3 Å². The molecule has 4 aromatic carbocycles. The van der Waals surface area contributed by atoms with Crippen LogP contribution in [0, 0.1) is 11.8 Å². The van der Waals surface area contributed by atoms with E-state index in [1.165, 1.54) is 58.7 Å². The number of aromatic amines is 2. The van der Waals surface area contributed by atoms with Gasteiger partial charge in [0.1, 0.15) is 23.7 Å². The third-order valence-electron chi connectivity index (χ3n) is 14.4. The van der Waals surface area contributed by atoms with E-state index in [1.54, 1.807) is 0 Å². The second kappa shape index (κ2) is 20.8. The molecule has 2 aromatic heterocycles. The van der Waals surface area contributed by atoms with Crippen molar-refractivity contribution in [3.8, 4) is 44.8 Å². The van der Waals surface area contributed by atoms with Gasteiger partial charge in [-0.05, 0) is 108 Å². The molecule has 2 aliphatic heterocycles. The van der Waals surface area contributed by atoms with Gasteiger partial charge in [0, 0.05) is 36.6 Å². The summed E-state index contributed by atoms with van der Waals surface area (Å²) >= 11 is 0. The molecule has 12 rings (SSSR count). The maximum atomic E-state index is 13.7. The number of carbonyl (C=O) groups is 4. The van der Waals surface area contributed by atoms with Crippen LogP contribution < -0.4 is 10.6 Å². The minimum absolute atomic E-state index is 0.103. The standard InChI is InChI=1S/C56H64N8O6/c1-33(2)49(61-55(67)69-5)53(65)63-27-7-9-47(63)51-57-31-45(59-51)41-23-19-39(20-24-41)43-29-35-11-15-37(43)17-13-36-12-16-38(18-14-35)44(30-36)40-21-25-42(26-22-40)46-32-58-52(60-46)48-10-8-28-64(48)54(66)50(34(3)4)62-56(68)70-6/h11-12,15-16,19-26,29-34,47-50H,7-10,13-14,17-18,27-28H2,1-6H3,(H,57,59)(H,58,60)(H,61,67)(H,62,68)/t47-,48-,49-,50-/m0/s1. The number of methoxy groups -OCH3 is 2. The van der Waals surface area contributed by atoms with E-state index in [2.05, 4.69) is 106 Å². The van der Waals surface area contributed by atoms with Gasteiger partial charge >= 0.3 is 12.2 Å². The number of nitrogens with zero attached hydrogens (tertiary/aromatic N) is 4. The molecule has 2 fully saturated rings. The zero-order valence-corrected chi connectivity index (χ0v) is 41.0. The van der Waals surface area contributed by atoms with Crippen molar-refractivity contribution in [1.29, 1.82) is 0 Å². The highest BCUT2D eigenvalue weighted by molar-refractivity contribution is 5.87. The van der Waals surface area contributed by atoms with Crippen LogP contribution >= 0.6 is 0 Å². The zero-order valence-electron chi connectivity index (χ0n) is 41.0. The lowest BCUT2D eigenvalue weighted by molar-refractivity contribution is -0.136. The van der Waals surface area contributed by atoms with Crippen molar-refractivity contribution in [2.24, 2.45) is 11.8 Å². The van der Waals surface area contributed by atoms with Gasteiger partial charge in [0.05, 0.1) is 37.7 Å². The molecule has 0 spiro atoms. The molecule has 0 radical (unpaired) electrons. The maximum absolute atomic E-state index is 13.7. The number of amides is 4. The first-order valence-corrected chi connectivity index (χ1v) is 24.7. The number of nitrogens with one attached hydrogen (secondary N) is 4. The van der Waals surface area contributed by atoms with Gasteiger partial charge in [-0.3, -0.25) is 9.59 Å². The molecule has 70 heavy (non-hydrogen) atoms. The highest BCUT2D eigenvalue weighted by atomic mass is 16.5. The summed E-state index contributed by atoms with van der Waals surface area (Å²) in [6.45, 7) is 8.87. The molecule has 0 saturated carbocycles. The predicted molar refractivity (Wildman–Crippen MR) is 269 cm³/mol. The van der Waals surface area contributed by atoms with Crippen molar-refractivity contribution in [2.45, 2.75) is 103 Å². The van der Waals surface area contributed by atoms with Crippen LogP contribution in [-0.2, 0) is 44.7 Å². The lowest BCUT2D eigenvalue weighted by atomic mass is 9.87. The Kier molecular flexibility index (Phi) is 14.2. The largest absolute Gasteiger partial charge is 0.453 e. The minimum Gasteiger partial charge on any atom is -0.453 e. The molecule has 14 heteroatoms. The predicted octanol–water partition coefficient (Wildman–Crippen LogP) is 9.77. The minimum atomic E-state index is -0.685. The van der Waals surface area contributed by atoms with Crippen molar-refractivity contribution in [3.05, 3.63) is 131 Å². The first-order valence-electron chi connectivity index (χ1n) is 24.7. The summed E-state index contributed by atoms with van der Waals surface area (Å²) in [4.78, 5) is 71.9. The topological polar surface area (TPSA) is 175 Å². The number of likely N-dealkylation sites (tertiary alicyclic amines) is 2. The van der Waals surface area contributed by atoms with Crippen LogP contribution in [-0.4, -0.2) is 93.1 Å². The van der Waals surface area contributed by atoms with Gasteiger partial charge < -0.3 is 39.9 Å². The van der Waals surface area contributed by atoms with Gasteiger partial charge in [0.15, 0.2) is 0 Å². The van der Waals surface area contributed by atoms with Crippen molar-refractivity contribution < 1.29 is 28.7 Å². The van der Waals surface area contributed by atoms with Gasteiger partial charge in [-0.2, -0.15) is 0 Å². The van der Waals surface area contributed by atoms with E-state index in [0.717, 1.165) is 85.5 Å². The van der Waals surface area contributed by atoms with Gasteiger partial charge in [-0.15, -0.1) is 0 Å². The number of carbonyl (C=O) groups excluding carboxylic acids is 4. The fourth-order valence-corrected chi connectivity index (χ4v) is 10.4. The van der Waals surface area contributed by atoms with E-state index in [1.807, 2.05) is 49.9 Å². The zero-order chi connectivity index (χ0) is 49.1. The Hall–Kier alpha value is -7.22. The van der Waals surface area contributed by atoms with Crippen LogP contribution in [0.5, 0.6) is 0 Å². The highest BCUT2D eigenvalue weighted by Crippen LogP contribution is 2.37. The number of imidazole rings is 2. The van der Waals surface area contributed by atoms with E-state index in [0.29, 0.717) is 13.1 Å². The summed E-state index contributed by atoms with van der Waals surface area (Å²) in [6, 6.07) is 29.4. The maximum Gasteiger partial charge on any atom is 0.407 e. The normalized spacial score (nSPS) is 17.6. The Morgan fingerprint density at radius 3 is 1.31 bits per heavy atom. The van der Waals surface area contributed by atoms with E-state index in [4.69, 9.17) is 19.4 Å². The third-order valence-corrected chi connectivity index (χ3v) is 14.4. The first-order chi connectivity index (χ1) is 33.9. The summed E-state index contributed by atoms with van der Waals surface area (Å²) in [5.41, 5.74) is 13.7. The van der Waals surface area contributed by atoms with E-state index in [9.17, 15) is 19.2 Å². The SMILES string of the molecule is COC(=O)N[C@H](C(=O)N1CCC[C@H]1c1nc(-c2ccc(-c3cc4ccc3CCc3ccc(c(-c5ccc(-c6c[nH]c([C@@H]7CCCN7C(=O)[C@@H](NC(=O)OC)C(C)C)n6)cc5)c3)CC4)cc2)c[nH]1)C(C)C. The molecule has 2 saturated heterocycles. The van der Waals surface area contributed by atoms with Crippen molar-refractivity contribution in [2.75, 3.05) is 27.3 Å². The van der Waals surface area contributed by atoms with Crippen LogP contribution in [0.1, 0.15) is 99.4 Å². The molecule has 4 amide bonds. The number of rotatable bonds is 12. The highest BCUT2D eigenvalue weighted by Gasteiger charge is 2.39. The molecule has 4 aliphatic carbocycles. The van der Waals surface area contributed by atoms with Crippen LogP contribution in [0.4, 0.5) is 9.59 Å². The molecule has 4 atom stereocenters. The molecular weight excluding hydrogens is 881 g/mol. The van der Waals surface area contributed by atoms with E-state index < -0.39 is 24.3 Å². The summed E-state index contributed by atoms with van der Waals surface area (Å²) in [6.07, 6.45) is 9.49. The van der Waals surface area contributed by atoms with Crippen LogP contribution in [0.25, 0.3) is 44.8 Å². The van der Waals surface area contributed by atoms with Gasteiger partial charge in [-0.25, -0.2) is 19.6 Å². The molecule has 364 valence electrons. The Balaban J connectivity index is 0.873. The number of hydrogen-bond acceptors (Lipinski definition) is 8. The smallest absolute Gasteiger partial charge is 0.407 e. The van der Waals surface area contributed by atoms with Crippen molar-refractivity contribution >= 4 is 24.0 Å². The van der Waals surface area contributed by atoms with Gasteiger partial charge in [0.25, 0.3) is 0 Å². The molecule has 6 aromatic rings. The summed E-state index contributed by atoms with van der Waals surface area (Å²) < 4.78 is 9.60. The monoisotopic (exact) mass is 944 g/mol. The van der Waals surface area contributed by atoms with Gasteiger partial charge in [0.2, 0.25) is 11.8 Å². The molecular formula is C56H64N8O6. The Morgan fingerprint density at radius 2 is 0.943 bits per heavy atom. The Bertz CT molecular complexity index is 2660. The quantitative estimate of drug-likeness (QED) is 0.0938. The van der Waals surface area contributed by atoms with Crippen molar-refractivity contribution in [3.63, 3.8) is 0 Å². The molecule has 0 unspecified atom stereocenters. The number of H-pyrrole nitrogens is 2.